The maximum atomic E-state index is 10.5. The van der Waals surface area contributed by atoms with Crippen molar-refractivity contribution in [3.63, 3.8) is 0 Å². The third kappa shape index (κ3) is 2.34. The number of nitrogens with two attached hydrogens (primary N) is 1. The van der Waals surface area contributed by atoms with Crippen LogP contribution in [0.25, 0.3) is 11.0 Å². The highest BCUT2D eigenvalue weighted by atomic mass is 16.1. The maximum absolute atomic E-state index is 10.5. The van der Waals surface area contributed by atoms with E-state index in [9.17, 15) is 4.79 Å². The van der Waals surface area contributed by atoms with Crippen LogP contribution in [-0.4, -0.2) is 15.9 Å². The summed E-state index contributed by atoms with van der Waals surface area (Å²) in [4.78, 5) is 18.8. The van der Waals surface area contributed by atoms with Crippen molar-refractivity contribution in [1.29, 1.82) is 0 Å². The zero-order valence-corrected chi connectivity index (χ0v) is 8.47. The molecule has 4 heteroatoms. The second-order valence-electron chi connectivity index (χ2n) is 3.20. The molecule has 0 aliphatic rings. The molecule has 1 aromatic carbocycles. The molecule has 16 heavy (non-hydrogen) atoms. The van der Waals surface area contributed by atoms with Crippen LogP contribution in [0.1, 0.15) is 12.0 Å². The summed E-state index contributed by atoms with van der Waals surface area (Å²) in [7, 11) is 0. The molecule has 0 saturated heterocycles. The van der Waals surface area contributed by atoms with Gasteiger partial charge in [-0.2, -0.15) is 0 Å². The SMILES string of the molecule is NC(=O)CC#Cc1ccc2nccnc2c1. The van der Waals surface area contributed by atoms with Crippen molar-refractivity contribution in [2.45, 2.75) is 6.42 Å². The molecular formula is C12H9N3O. The van der Waals surface area contributed by atoms with Crippen molar-refractivity contribution in [3.8, 4) is 11.8 Å². The highest BCUT2D eigenvalue weighted by molar-refractivity contribution is 5.77. The first-order valence-electron chi connectivity index (χ1n) is 4.73. The quantitative estimate of drug-likeness (QED) is 0.711. The molecule has 0 bridgehead atoms. The molecule has 78 valence electrons. The summed E-state index contributed by atoms with van der Waals surface area (Å²) < 4.78 is 0. The summed E-state index contributed by atoms with van der Waals surface area (Å²) in [6.07, 6.45) is 3.34. The second-order valence-corrected chi connectivity index (χ2v) is 3.20. The van der Waals surface area contributed by atoms with Gasteiger partial charge in [0.25, 0.3) is 0 Å². The summed E-state index contributed by atoms with van der Waals surface area (Å²) in [5.74, 6) is 5.12. The highest BCUT2D eigenvalue weighted by Gasteiger charge is 1.95. The van der Waals surface area contributed by atoms with Gasteiger partial charge < -0.3 is 5.73 Å². The second kappa shape index (κ2) is 4.41. The molecule has 2 rings (SSSR count). The number of carbonyl (C=O) groups is 1. The van der Waals surface area contributed by atoms with Gasteiger partial charge in [-0.1, -0.05) is 11.8 Å². The Morgan fingerprint density at radius 3 is 2.75 bits per heavy atom. The van der Waals surface area contributed by atoms with Crippen LogP contribution < -0.4 is 5.73 Å². The van der Waals surface area contributed by atoms with E-state index in [1.807, 2.05) is 18.2 Å². The minimum atomic E-state index is -0.423. The lowest BCUT2D eigenvalue weighted by Gasteiger charge is -1.95. The molecule has 0 aliphatic carbocycles. The average Bonchev–Trinajstić information content (AvgIpc) is 2.28. The molecular weight excluding hydrogens is 202 g/mol. The number of nitrogens with zero attached hydrogens (tertiary/aromatic N) is 2. The van der Waals surface area contributed by atoms with Crippen molar-refractivity contribution >= 4 is 16.9 Å². The van der Waals surface area contributed by atoms with Gasteiger partial charge in [0.15, 0.2) is 0 Å². The van der Waals surface area contributed by atoms with E-state index in [2.05, 4.69) is 21.8 Å². The summed E-state index contributed by atoms with van der Waals surface area (Å²) in [6, 6.07) is 5.51. The summed E-state index contributed by atoms with van der Waals surface area (Å²) >= 11 is 0. The van der Waals surface area contributed by atoms with Crippen LogP contribution >= 0.6 is 0 Å². The molecule has 0 fully saturated rings. The molecule has 1 heterocycles. The zero-order valence-electron chi connectivity index (χ0n) is 8.47. The fourth-order valence-electron chi connectivity index (χ4n) is 1.27. The normalized spacial score (nSPS) is 9.50. The van der Waals surface area contributed by atoms with Crippen LogP contribution in [0.5, 0.6) is 0 Å². The van der Waals surface area contributed by atoms with Crippen molar-refractivity contribution in [1.82, 2.24) is 9.97 Å². The molecule has 0 radical (unpaired) electrons. The van der Waals surface area contributed by atoms with Gasteiger partial charge in [0.2, 0.25) is 5.91 Å². The van der Waals surface area contributed by atoms with E-state index in [1.54, 1.807) is 12.4 Å². The maximum Gasteiger partial charge on any atom is 0.229 e. The van der Waals surface area contributed by atoms with Crippen LogP contribution in [0.4, 0.5) is 0 Å². The van der Waals surface area contributed by atoms with Crippen molar-refractivity contribution < 1.29 is 4.79 Å². The number of fused-ring (bicyclic) bond motifs is 1. The average molecular weight is 211 g/mol. The Hall–Kier alpha value is -2.41. The number of amides is 1. The molecule has 0 unspecified atom stereocenters. The molecule has 2 aromatic rings. The monoisotopic (exact) mass is 211 g/mol. The first-order chi connectivity index (χ1) is 7.75. The number of hydrogen-bond acceptors (Lipinski definition) is 3. The lowest BCUT2D eigenvalue weighted by atomic mass is 10.2. The van der Waals surface area contributed by atoms with E-state index in [1.165, 1.54) is 0 Å². The summed E-state index contributed by atoms with van der Waals surface area (Å²) in [6.45, 7) is 0. The summed E-state index contributed by atoms with van der Waals surface area (Å²) in [5, 5.41) is 0. The van der Waals surface area contributed by atoms with Crippen LogP contribution in [0.15, 0.2) is 30.6 Å². The number of primary amides is 1. The van der Waals surface area contributed by atoms with Crippen LogP contribution in [-0.2, 0) is 4.79 Å². The third-order valence-corrected chi connectivity index (χ3v) is 1.96. The fourth-order valence-corrected chi connectivity index (χ4v) is 1.27. The Morgan fingerprint density at radius 2 is 2.00 bits per heavy atom. The Balaban J connectivity index is 2.31. The number of carbonyl (C=O) groups excluding carboxylic acids is 1. The highest BCUT2D eigenvalue weighted by Crippen LogP contribution is 2.09. The Morgan fingerprint density at radius 1 is 1.25 bits per heavy atom. The van der Waals surface area contributed by atoms with E-state index < -0.39 is 5.91 Å². The first kappa shape index (κ1) is 10.1. The first-order valence-corrected chi connectivity index (χ1v) is 4.73. The number of aromatic nitrogens is 2. The van der Waals surface area contributed by atoms with Crippen LogP contribution in [0.3, 0.4) is 0 Å². The van der Waals surface area contributed by atoms with Gasteiger partial charge in [-0.05, 0) is 18.2 Å². The fraction of sp³-hybridized carbons (Fsp3) is 0.0833. The van der Waals surface area contributed by atoms with Gasteiger partial charge in [0.1, 0.15) is 0 Å². The predicted octanol–water partition coefficient (Wildman–Crippen LogP) is 0.857. The predicted molar refractivity (Wildman–Crippen MR) is 60.2 cm³/mol. The number of benzene rings is 1. The number of hydrogen-bond donors (Lipinski definition) is 1. The molecule has 1 aromatic heterocycles. The van der Waals surface area contributed by atoms with E-state index in [0.29, 0.717) is 0 Å². The Bertz CT molecular complexity index is 596. The topological polar surface area (TPSA) is 68.9 Å². The molecule has 1 amide bonds. The third-order valence-electron chi connectivity index (χ3n) is 1.96. The molecule has 4 nitrogen and oxygen atoms in total. The summed E-state index contributed by atoms with van der Waals surface area (Å²) in [5.41, 5.74) is 7.39. The van der Waals surface area contributed by atoms with Gasteiger partial charge in [-0.25, -0.2) is 0 Å². The smallest absolute Gasteiger partial charge is 0.229 e. The molecule has 2 N–H and O–H groups in total. The van der Waals surface area contributed by atoms with Crippen LogP contribution in [0, 0.1) is 11.8 Å². The van der Waals surface area contributed by atoms with E-state index in [4.69, 9.17) is 5.73 Å². The van der Waals surface area contributed by atoms with E-state index >= 15 is 0 Å². The van der Waals surface area contributed by atoms with E-state index in [0.717, 1.165) is 16.6 Å². The Labute approximate surface area is 92.5 Å². The van der Waals surface area contributed by atoms with Crippen molar-refractivity contribution in [3.05, 3.63) is 36.2 Å². The molecule has 0 saturated carbocycles. The van der Waals surface area contributed by atoms with Gasteiger partial charge in [-0.15, -0.1) is 0 Å². The Kier molecular flexibility index (Phi) is 2.79. The standard InChI is InChI=1S/C12H9N3O/c13-12(16)3-1-2-9-4-5-10-11(8-9)15-7-6-14-10/h4-8H,3H2,(H2,13,16). The van der Waals surface area contributed by atoms with Crippen molar-refractivity contribution in [2.75, 3.05) is 0 Å². The molecule has 0 aliphatic heterocycles. The largest absolute Gasteiger partial charge is 0.369 e. The minimum absolute atomic E-state index is 0.0680. The van der Waals surface area contributed by atoms with Gasteiger partial charge in [0.05, 0.1) is 17.5 Å². The van der Waals surface area contributed by atoms with Gasteiger partial charge in [0, 0.05) is 18.0 Å². The molecule has 0 spiro atoms. The lowest BCUT2D eigenvalue weighted by molar-refractivity contribution is -0.117. The van der Waals surface area contributed by atoms with E-state index in [-0.39, 0.29) is 6.42 Å². The lowest BCUT2D eigenvalue weighted by Crippen LogP contribution is -2.08. The molecule has 0 atom stereocenters. The van der Waals surface area contributed by atoms with Crippen LogP contribution in [0.2, 0.25) is 0 Å². The van der Waals surface area contributed by atoms with Gasteiger partial charge >= 0.3 is 0 Å². The van der Waals surface area contributed by atoms with Crippen molar-refractivity contribution in [2.24, 2.45) is 5.73 Å². The zero-order chi connectivity index (χ0) is 11.4. The minimum Gasteiger partial charge on any atom is -0.369 e. The van der Waals surface area contributed by atoms with Gasteiger partial charge in [-0.3, -0.25) is 14.8 Å². The number of rotatable bonds is 1.